The Morgan fingerprint density at radius 3 is 2.71 bits per heavy atom. The van der Waals surface area contributed by atoms with E-state index < -0.39 is 0 Å². The number of aryl methyl sites for hydroxylation is 1. The lowest BCUT2D eigenvalue weighted by Gasteiger charge is -2.19. The van der Waals surface area contributed by atoms with Gasteiger partial charge in [0.05, 0.1) is 23.9 Å². The maximum Gasteiger partial charge on any atom is 0.268 e. The molecule has 1 saturated heterocycles. The summed E-state index contributed by atoms with van der Waals surface area (Å²) in [4.78, 5) is 18.9. The first-order valence-corrected chi connectivity index (χ1v) is 9.91. The van der Waals surface area contributed by atoms with Gasteiger partial charge in [0.25, 0.3) is 5.56 Å². The van der Waals surface area contributed by atoms with Crippen LogP contribution in [0, 0.1) is 5.92 Å². The van der Waals surface area contributed by atoms with E-state index in [1.54, 1.807) is 19.3 Å². The zero-order valence-electron chi connectivity index (χ0n) is 16.7. The van der Waals surface area contributed by atoms with Crippen molar-refractivity contribution in [2.24, 2.45) is 13.0 Å². The number of rotatable bonds is 5. The van der Waals surface area contributed by atoms with Gasteiger partial charge in [0, 0.05) is 44.0 Å². The van der Waals surface area contributed by atoms with Crippen LogP contribution >= 0.6 is 0 Å². The van der Waals surface area contributed by atoms with Crippen LogP contribution < -0.4 is 10.5 Å². The Kier molecular flexibility index (Phi) is 5.03. The van der Waals surface area contributed by atoms with Crippen molar-refractivity contribution in [2.45, 2.75) is 32.7 Å². The summed E-state index contributed by atoms with van der Waals surface area (Å²) in [6.45, 7) is 7.29. The fourth-order valence-corrected chi connectivity index (χ4v) is 4.09. The van der Waals surface area contributed by atoms with E-state index in [1.165, 1.54) is 15.9 Å². The fourth-order valence-electron chi connectivity index (χ4n) is 4.09. The lowest BCUT2D eigenvalue weighted by atomic mass is 10.0. The van der Waals surface area contributed by atoms with Gasteiger partial charge in [0.2, 0.25) is 0 Å². The Hall–Kier alpha value is -2.89. The van der Waals surface area contributed by atoms with Crippen LogP contribution in [0.1, 0.15) is 31.9 Å². The van der Waals surface area contributed by atoms with E-state index in [0.717, 1.165) is 37.4 Å². The summed E-state index contributed by atoms with van der Waals surface area (Å²) in [7, 11) is 1.68. The van der Waals surface area contributed by atoms with Gasteiger partial charge in [0.15, 0.2) is 0 Å². The van der Waals surface area contributed by atoms with E-state index in [0.29, 0.717) is 11.8 Å². The molecule has 3 heterocycles. The predicted molar refractivity (Wildman–Crippen MR) is 112 cm³/mol. The second-order valence-corrected chi connectivity index (χ2v) is 7.93. The second-order valence-electron chi connectivity index (χ2n) is 7.93. The predicted octanol–water partition coefficient (Wildman–Crippen LogP) is 3.29. The van der Waals surface area contributed by atoms with Crippen LogP contribution in [-0.4, -0.2) is 32.4 Å². The molecular formula is C22H27N5O. The van der Waals surface area contributed by atoms with Crippen molar-refractivity contribution in [3.05, 3.63) is 65.0 Å². The topological polar surface area (TPSA) is 56.0 Å². The highest BCUT2D eigenvalue weighted by molar-refractivity contribution is 5.62. The molecule has 0 N–H and O–H groups in total. The van der Waals surface area contributed by atoms with Crippen LogP contribution in [0.5, 0.6) is 0 Å². The number of hydrogen-bond acceptors (Lipinski definition) is 4. The summed E-state index contributed by atoms with van der Waals surface area (Å²) in [5.74, 6) is 0.927. The van der Waals surface area contributed by atoms with Gasteiger partial charge in [-0.1, -0.05) is 44.2 Å². The average Bonchev–Trinajstić information content (AvgIpc) is 3.32. The molecule has 28 heavy (non-hydrogen) atoms. The third kappa shape index (κ3) is 3.59. The molecule has 0 unspecified atom stereocenters. The quantitative estimate of drug-likeness (QED) is 0.685. The molecule has 6 nitrogen and oxygen atoms in total. The maximum absolute atomic E-state index is 11.9. The number of benzene rings is 1. The maximum atomic E-state index is 11.9. The average molecular weight is 377 g/mol. The standard InChI is InChI=1S/C22H27N5O/c1-16(2)22-21(18-7-5-4-6-8-18)23-15-27(22)14-17-9-10-26(13-17)19-11-20(28)25(3)24-12-19/h4-8,11-12,15-17H,9-10,13-14H2,1-3H3/t17-/m0/s1. The van der Waals surface area contributed by atoms with Crippen molar-refractivity contribution < 1.29 is 0 Å². The summed E-state index contributed by atoms with van der Waals surface area (Å²) in [5, 5.41) is 4.15. The second kappa shape index (κ2) is 7.62. The van der Waals surface area contributed by atoms with Crippen molar-refractivity contribution >= 4 is 5.69 Å². The molecule has 2 aromatic heterocycles. The van der Waals surface area contributed by atoms with Gasteiger partial charge in [0.1, 0.15) is 0 Å². The van der Waals surface area contributed by atoms with E-state index >= 15 is 0 Å². The molecule has 0 saturated carbocycles. The third-order valence-corrected chi connectivity index (χ3v) is 5.53. The summed E-state index contributed by atoms with van der Waals surface area (Å²) in [6.07, 6.45) is 4.87. The van der Waals surface area contributed by atoms with Gasteiger partial charge in [-0.15, -0.1) is 0 Å². The number of imidazole rings is 1. The van der Waals surface area contributed by atoms with Gasteiger partial charge in [-0.3, -0.25) is 4.79 Å². The minimum atomic E-state index is -0.0647. The van der Waals surface area contributed by atoms with Crippen molar-refractivity contribution in [2.75, 3.05) is 18.0 Å². The first-order valence-electron chi connectivity index (χ1n) is 9.91. The zero-order valence-corrected chi connectivity index (χ0v) is 16.7. The minimum absolute atomic E-state index is 0.0647. The Morgan fingerprint density at radius 1 is 1.21 bits per heavy atom. The molecule has 0 radical (unpaired) electrons. The number of nitrogens with zero attached hydrogens (tertiary/aromatic N) is 5. The van der Waals surface area contributed by atoms with E-state index in [-0.39, 0.29) is 5.56 Å². The van der Waals surface area contributed by atoms with Crippen LogP contribution in [0.15, 0.2) is 53.7 Å². The first kappa shape index (κ1) is 18.5. The summed E-state index contributed by atoms with van der Waals surface area (Å²) >= 11 is 0. The van der Waals surface area contributed by atoms with Crippen molar-refractivity contribution in [1.29, 1.82) is 0 Å². The van der Waals surface area contributed by atoms with Gasteiger partial charge in [-0.25, -0.2) is 9.67 Å². The van der Waals surface area contributed by atoms with Crippen LogP contribution in [-0.2, 0) is 13.6 Å². The first-order chi connectivity index (χ1) is 13.5. The highest BCUT2D eigenvalue weighted by Crippen LogP contribution is 2.30. The Labute approximate surface area is 165 Å². The molecule has 4 rings (SSSR count). The van der Waals surface area contributed by atoms with E-state index in [9.17, 15) is 4.79 Å². The molecule has 146 valence electrons. The SMILES string of the molecule is CC(C)c1c(-c2ccccc2)ncn1C[C@H]1CCN(c2cnn(C)c(=O)c2)C1. The number of aromatic nitrogens is 4. The molecular weight excluding hydrogens is 350 g/mol. The van der Waals surface area contributed by atoms with E-state index in [1.807, 2.05) is 12.4 Å². The molecule has 1 aromatic carbocycles. The van der Waals surface area contributed by atoms with E-state index in [4.69, 9.17) is 4.98 Å². The van der Waals surface area contributed by atoms with Crippen LogP contribution in [0.2, 0.25) is 0 Å². The molecule has 0 aliphatic carbocycles. The summed E-state index contributed by atoms with van der Waals surface area (Å²) in [5.41, 5.74) is 4.40. The lowest BCUT2D eigenvalue weighted by molar-refractivity contribution is 0.470. The fraction of sp³-hybridized carbons (Fsp3) is 0.409. The zero-order chi connectivity index (χ0) is 19.7. The third-order valence-electron chi connectivity index (χ3n) is 5.53. The Morgan fingerprint density at radius 2 is 2.00 bits per heavy atom. The van der Waals surface area contributed by atoms with E-state index in [2.05, 4.69) is 52.7 Å². The monoisotopic (exact) mass is 377 g/mol. The molecule has 6 heteroatoms. The molecule has 1 atom stereocenters. The smallest absolute Gasteiger partial charge is 0.268 e. The molecule has 1 aliphatic rings. The van der Waals surface area contributed by atoms with Crippen LogP contribution in [0.4, 0.5) is 5.69 Å². The summed E-state index contributed by atoms with van der Waals surface area (Å²) < 4.78 is 3.69. The van der Waals surface area contributed by atoms with Crippen LogP contribution in [0.25, 0.3) is 11.3 Å². The van der Waals surface area contributed by atoms with Gasteiger partial charge >= 0.3 is 0 Å². The number of anilines is 1. The molecule has 3 aromatic rings. The molecule has 1 aliphatic heterocycles. The molecule has 1 fully saturated rings. The largest absolute Gasteiger partial charge is 0.370 e. The molecule has 0 spiro atoms. The highest BCUT2D eigenvalue weighted by atomic mass is 16.1. The van der Waals surface area contributed by atoms with Crippen molar-refractivity contribution in [1.82, 2.24) is 19.3 Å². The Balaban J connectivity index is 1.53. The highest BCUT2D eigenvalue weighted by Gasteiger charge is 2.25. The Bertz CT molecular complexity index is 1010. The molecule has 0 bridgehead atoms. The van der Waals surface area contributed by atoms with Crippen molar-refractivity contribution in [3.8, 4) is 11.3 Å². The van der Waals surface area contributed by atoms with Gasteiger partial charge in [-0.2, -0.15) is 5.10 Å². The van der Waals surface area contributed by atoms with Gasteiger partial charge in [-0.05, 0) is 18.3 Å². The van der Waals surface area contributed by atoms with Crippen LogP contribution in [0.3, 0.4) is 0 Å². The van der Waals surface area contributed by atoms with Crippen molar-refractivity contribution in [3.63, 3.8) is 0 Å². The summed E-state index contributed by atoms with van der Waals surface area (Å²) in [6, 6.07) is 12.1. The lowest BCUT2D eigenvalue weighted by Crippen LogP contribution is -2.25. The molecule has 0 amide bonds. The normalized spacial score (nSPS) is 16.9. The minimum Gasteiger partial charge on any atom is -0.370 e. The van der Waals surface area contributed by atoms with Gasteiger partial charge < -0.3 is 9.47 Å². The number of hydrogen-bond donors (Lipinski definition) is 0.